The van der Waals surface area contributed by atoms with E-state index in [2.05, 4.69) is 11.0 Å². The number of hydrogen-bond acceptors (Lipinski definition) is 6. The second kappa shape index (κ2) is 10.3. The minimum absolute atomic E-state index is 0.0771. The highest BCUT2D eigenvalue weighted by Crippen LogP contribution is 2.44. The number of carbonyl (C=O) groups excluding carboxylic acids is 1. The summed E-state index contributed by atoms with van der Waals surface area (Å²) in [4.78, 5) is 21.8. The molecule has 0 saturated heterocycles. The van der Waals surface area contributed by atoms with Gasteiger partial charge in [-0.15, -0.1) is 11.3 Å². The maximum absolute atomic E-state index is 13.9. The number of allylic oxidation sites excluding steroid dienone is 3. The van der Waals surface area contributed by atoms with E-state index < -0.39 is 0 Å². The molecule has 2 heterocycles. The molecular formula is C36H20N4OS. The van der Waals surface area contributed by atoms with E-state index in [0.717, 1.165) is 43.1 Å². The molecule has 6 aromatic rings. The van der Waals surface area contributed by atoms with Crippen LogP contribution in [-0.2, 0) is 0 Å². The van der Waals surface area contributed by atoms with Gasteiger partial charge in [0.15, 0.2) is 5.78 Å². The Hall–Kier alpha value is -5.82. The largest absolute Gasteiger partial charge is 0.289 e. The third-order valence-corrected chi connectivity index (χ3v) is 8.38. The molecule has 0 atom stereocenters. The predicted octanol–water partition coefficient (Wildman–Crippen LogP) is 9.00. The fourth-order valence-corrected chi connectivity index (χ4v) is 6.45. The van der Waals surface area contributed by atoms with E-state index in [1.54, 1.807) is 6.08 Å². The lowest BCUT2D eigenvalue weighted by Gasteiger charge is -2.22. The summed E-state index contributed by atoms with van der Waals surface area (Å²) >= 11 is 1.51. The molecular weight excluding hydrogens is 536 g/mol. The SMILES string of the molecule is N#CC(C#N)=C1/C(=C\c2ccc(N(c3ccccc3)c3ccc4ccccc4n3)s2)C(=O)c2c1ccc1ccccc21. The van der Waals surface area contributed by atoms with Gasteiger partial charge in [0, 0.05) is 32.7 Å². The van der Waals surface area contributed by atoms with E-state index in [1.165, 1.54) is 11.3 Å². The molecule has 0 N–H and O–H groups in total. The first-order valence-electron chi connectivity index (χ1n) is 13.3. The molecule has 7 rings (SSSR count). The molecule has 4 aromatic carbocycles. The van der Waals surface area contributed by atoms with Gasteiger partial charge in [0.25, 0.3) is 0 Å². The zero-order chi connectivity index (χ0) is 28.6. The Bertz CT molecular complexity index is 2180. The minimum Gasteiger partial charge on any atom is -0.289 e. The van der Waals surface area contributed by atoms with Crippen LogP contribution in [0.15, 0.2) is 126 Å². The van der Waals surface area contributed by atoms with Crippen molar-refractivity contribution in [2.24, 2.45) is 0 Å². The number of ketones is 1. The summed E-state index contributed by atoms with van der Waals surface area (Å²) in [7, 11) is 0. The van der Waals surface area contributed by atoms with Gasteiger partial charge in [0.2, 0.25) is 0 Å². The Morgan fingerprint density at radius 2 is 1.48 bits per heavy atom. The van der Waals surface area contributed by atoms with E-state index in [0.29, 0.717) is 22.3 Å². The van der Waals surface area contributed by atoms with Crippen LogP contribution >= 0.6 is 11.3 Å². The molecule has 0 aliphatic heterocycles. The van der Waals surface area contributed by atoms with Crippen molar-refractivity contribution in [1.29, 1.82) is 10.5 Å². The number of Topliss-reactive ketones (excluding diaryl/α,β-unsaturated/α-hetero) is 1. The van der Waals surface area contributed by atoms with Gasteiger partial charge in [-0.2, -0.15) is 10.5 Å². The molecule has 0 bridgehead atoms. The summed E-state index contributed by atoms with van der Waals surface area (Å²) in [6, 6.07) is 41.5. The van der Waals surface area contributed by atoms with E-state index in [-0.39, 0.29) is 11.4 Å². The molecule has 0 fully saturated rings. The molecule has 5 nitrogen and oxygen atoms in total. The van der Waals surface area contributed by atoms with Crippen LogP contribution in [0.5, 0.6) is 0 Å². The average molecular weight is 557 g/mol. The molecule has 0 radical (unpaired) electrons. The third-order valence-electron chi connectivity index (χ3n) is 7.36. The van der Waals surface area contributed by atoms with Crippen molar-refractivity contribution in [3.05, 3.63) is 142 Å². The van der Waals surface area contributed by atoms with E-state index in [9.17, 15) is 15.3 Å². The van der Waals surface area contributed by atoms with Crippen LogP contribution in [0.2, 0.25) is 0 Å². The van der Waals surface area contributed by atoms with Gasteiger partial charge in [-0.25, -0.2) is 4.98 Å². The van der Waals surface area contributed by atoms with Crippen molar-refractivity contribution in [2.75, 3.05) is 4.90 Å². The molecule has 196 valence electrons. The van der Waals surface area contributed by atoms with E-state index in [1.807, 2.05) is 121 Å². The van der Waals surface area contributed by atoms with Gasteiger partial charge in [0.05, 0.1) is 5.52 Å². The Labute approximate surface area is 246 Å². The summed E-state index contributed by atoms with van der Waals surface area (Å²) in [5, 5.41) is 23.3. The lowest BCUT2D eigenvalue weighted by atomic mass is 9.97. The van der Waals surface area contributed by atoms with Crippen molar-refractivity contribution >= 4 is 67.0 Å². The number of benzene rings is 4. The first-order chi connectivity index (χ1) is 20.7. The maximum atomic E-state index is 13.9. The van der Waals surface area contributed by atoms with Crippen LogP contribution in [0, 0.1) is 22.7 Å². The molecule has 0 unspecified atom stereocenters. The average Bonchev–Trinajstić information content (AvgIpc) is 3.61. The first-order valence-corrected chi connectivity index (χ1v) is 14.1. The Kier molecular flexibility index (Phi) is 6.17. The number of fused-ring (bicyclic) bond motifs is 4. The number of carbonyl (C=O) groups is 1. The number of pyridine rings is 1. The van der Waals surface area contributed by atoms with Crippen molar-refractivity contribution in [3.8, 4) is 12.1 Å². The topological polar surface area (TPSA) is 80.8 Å². The second-order valence-electron chi connectivity index (χ2n) is 9.78. The zero-order valence-electron chi connectivity index (χ0n) is 22.2. The van der Waals surface area contributed by atoms with Gasteiger partial charge < -0.3 is 0 Å². The number of nitrogens with zero attached hydrogens (tertiary/aromatic N) is 4. The normalized spacial score (nSPS) is 13.2. The molecule has 1 aliphatic rings. The number of hydrogen-bond donors (Lipinski definition) is 0. The Balaban J connectivity index is 1.37. The van der Waals surface area contributed by atoms with Crippen LogP contribution < -0.4 is 4.90 Å². The van der Waals surface area contributed by atoms with Crippen molar-refractivity contribution in [3.63, 3.8) is 0 Å². The number of para-hydroxylation sites is 2. The van der Waals surface area contributed by atoms with Gasteiger partial charge in [-0.1, -0.05) is 72.8 Å². The van der Waals surface area contributed by atoms with Crippen LogP contribution in [0.25, 0.3) is 33.3 Å². The van der Waals surface area contributed by atoms with Crippen molar-refractivity contribution in [2.45, 2.75) is 0 Å². The van der Waals surface area contributed by atoms with Crippen LogP contribution in [0.3, 0.4) is 0 Å². The minimum atomic E-state index is -0.189. The Morgan fingerprint density at radius 3 is 2.29 bits per heavy atom. The van der Waals surface area contributed by atoms with Gasteiger partial charge in [-0.05, 0) is 64.9 Å². The van der Waals surface area contributed by atoms with Gasteiger partial charge in [-0.3, -0.25) is 9.69 Å². The fraction of sp³-hybridized carbons (Fsp3) is 0. The monoisotopic (exact) mass is 556 g/mol. The number of nitriles is 2. The zero-order valence-corrected chi connectivity index (χ0v) is 23.0. The lowest BCUT2D eigenvalue weighted by molar-refractivity contribution is 0.104. The van der Waals surface area contributed by atoms with Gasteiger partial charge >= 0.3 is 0 Å². The Morgan fingerprint density at radius 1 is 0.762 bits per heavy atom. The molecule has 0 amide bonds. The van der Waals surface area contributed by atoms with E-state index in [4.69, 9.17) is 4.98 Å². The summed E-state index contributed by atoms with van der Waals surface area (Å²) in [5.74, 6) is 0.583. The predicted molar refractivity (Wildman–Crippen MR) is 169 cm³/mol. The smallest absolute Gasteiger partial charge is 0.195 e. The number of aromatic nitrogens is 1. The summed E-state index contributed by atoms with van der Waals surface area (Å²) in [5.41, 5.74) is 3.65. The quantitative estimate of drug-likeness (QED) is 0.160. The molecule has 0 spiro atoms. The van der Waals surface area contributed by atoms with Crippen molar-refractivity contribution < 1.29 is 4.79 Å². The highest BCUT2D eigenvalue weighted by atomic mass is 32.1. The van der Waals surface area contributed by atoms with Crippen LogP contribution in [0.4, 0.5) is 16.5 Å². The number of thiophene rings is 1. The van der Waals surface area contributed by atoms with Crippen molar-refractivity contribution in [1.82, 2.24) is 4.98 Å². The molecule has 0 saturated carbocycles. The van der Waals surface area contributed by atoms with Crippen LogP contribution in [0.1, 0.15) is 20.8 Å². The molecule has 2 aromatic heterocycles. The first kappa shape index (κ1) is 25.2. The number of rotatable bonds is 4. The lowest BCUT2D eigenvalue weighted by Crippen LogP contribution is -2.09. The van der Waals surface area contributed by atoms with E-state index >= 15 is 0 Å². The third kappa shape index (κ3) is 4.15. The molecule has 1 aliphatic carbocycles. The summed E-state index contributed by atoms with van der Waals surface area (Å²) in [6.45, 7) is 0. The van der Waals surface area contributed by atoms with Gasteiger partial charge in [0.1, 0.15) is 28.5 Å². The molecule has 42 heavy (non-hydrogen) atoms. The maximum Gasteiger partial charge on any atom is 0.195 e. The highest BCUT2D eigenvalue weighted by molar-refractivity contribution is 7.17. The summed E-state index contributed by atoms with van der Waals surface area (Å²) in [6.07, 6.45) is 1.80. The number of anilines is 3. The summed E-state index contributed by atoms with van der Waals surface area (Å²) < 4.78 is 0. The second-order valence-corrected chi connectivity index (χ2v) is 10.9. The highest BCUT2D eigenvalue weighted by Gasteiger charge is 2.34. The fourth-order valence-electron chi connectivity index (χ4n) is 5.47. The standard InChI is InChI=1S/C36H20N4OS/c37-21-25(22-38)34-29-17-14-23-8-4-6-12-28(23)35(29)36(41)30(34)20-27-16-19-33(42-27)40(26-10-2-1-3-11-26)32-18-15-24-9-5-7-13-31(24)39-32/h1-20H/b30-20+. The van der Waals surface area contributed by atoms with Crippen LogP contribution in [-0.4, -0.2) is 10.8 Å². The molecule has 6 heteroatoms.